The van der Waals surface area contributed by atoms with Crippen LogP contribution in [0.2, 0.25) is 0 Å². The molecule has 2 aliphatic rings. The first kappa shape index (κ1) is 29.2. The predicted molar refractivity (Wildman–Crippen MR) is 147 cm³/mol. The summed E-state index contributed by atoms with van der Waals surface area (Å²) in [6, 6.07) is 5.11. The first-order valence-corrected chi connectivity index (χ1v) is 14.0. The van der Waals surface area contributed by atoms with Crippen molar-refractivity contribution in [3.8, 4) is 0 Å². The molecule has 3 heterocycles. The Hall–Kier alpha value is -3.76. The number of carbonyl (C=O) groups excluding carboxylic acids is 4. The fourth-order valence-electron chi connectivity index (χ4n) is 5.34. The summed E-state index contributed by atoms with van der Waals surface area (Å²) < 4.78 is 16.3. The average molecular weight is 555 g/mol. The number of carbonyl (C=O) groups is 4. The number of benzene rings is 1. The molecular formula is C29H39FN6O4. The van der Waals surface area contributed by atoms with Crippen LogP contribution in [0.1, 0.15) is 60.4 Å². The van der Waals surface area contributed by atoms with Gasteiger partial charge in [0.1, 0.15) is 18.4 Å². The minimum Gasteiger partial charge on any atom is -0.355 e. The van der Waals surface area contributed by atoms with E-state index in [-0.39, 0.29) is 48.8 Å². The van der Waals surface area contributed by atoms with Crippen LogP contribution in [0, 0.1) is 25.6 Å². The molecule has 0 radical (unpaired) electrons. The number of aromatic nitrogens is 2. The minimum atomic E-state index is -0.741. The Bertz CT molecular complexity index is 1280. The second-order valence-corrected chi connectivity index (χ2v) is 11.1. The van der Waals surface area contributed by atoms with Crippen molar-refractivity contribution in [2.45, 2.75) is 72.0 Å². The van der Waals surface area contributed by atoms with E-state index in [1.54, 1.807) is 16.8 Å². The van der Waals surface area contributed by atoms with Crippen molar-refractivity contribution in [3.05, 3.63) is 52.6 Å². The smallest absolute Gasteiger partial charge is 0.257 e. The van der Waals surface area contributed by atoms with Crippen LogP contribution < -0.4 is 10.6 Å². The second-order valence-electron chi connectivity index (χ2n) is 11.1. The molecule has 0 saturated carbocycles. The molecule has 2 N–H and O–H groups in total. The fraction of sp³-hybridized carbons (Fsp3) is 0.552. The van der Waals surface area contributed by atoms with Crippen molar-refractivity contribution in [1.29, 1.82) is 0 Å². The van der Waals surface area contributed by atoms with Crippen LogP contribution in [0.3, 0.4) is 0 Å². The van der Waals surface area contributed by atoms with E-state index in [0.717, 1.165) is 17.0 Å². The van der Waals surface area contributed by atoms with Crippen molar-refractivity contribution >= 4 is 23.6 Å². The van der Waals surface area contributed by atoms with Crippen LogP contribution in [0.4, 0.5) is 4.39 Å². The summed E-state index contributed by atoms with van der Waals surface area (Å²) in [6.45, 7) is 8.21. The maximum absolute atomic E-state index is 14.7. The number of halogens is 1. The predicted octanol–water partition coefficient (Wildman–Crippen LogP) is 1.98. The number of aryl methyl sites for hydroxylation is 3. The lowest BCUT2D eigenvalue weighted by Crippen LogP contribution is -2.55. The molecule has 11 heteroatoms. The van der Waals surface area contributed by atoms with Crippen molar-refractivity contribution in [2.24, 2.45) is 5.92 Å². The van der Waals surface area contributed by atoms with Crippen LogP contribution in [0.25, 0.3) is 0 Å². The largest absolute Gasteiger partial charge is 0.355 e. The molecule has 1 aromatic carbocycles. The Morgan fingerprint density at radius 2 is 1.93 bits per heavy atom. The van der Waals surface area contributed by atoms with E-state index in [0.29, 0.717) is 38.8 Å². The standard InChI is InChI=1S/C29H39FN6O4/c1-18(2)24-15-34(27(38)17-36-20(4)13-19(3)33-36)16-26(37)31-11-5-7-21-9-10-23(30)22(14-21)29(40)35-12-6-8-25(35)28(39)32-24/h9-10,13-14,18,24-25H,5-8,11-12,15-17H2,1-4H3,(H,31,37)(H,32,39)/t24-,25-/m0/s1. The first-order valence-electron chi connectivity index (χ1n) is 14.0. The van der Waals surface area contributed by atoms with Gasteiger partial charge in [0.15, 0.2) is 0 Å². The van der Waals surface area contributed by atoms with Gasteiger partial charge in [0, 0.05) is 31.4 Å². The molecule has 2 aromatic rings. The van der Waals surface area contributed by atoms with Crippen LogP contribution in [-0.2, 0) is 27.3 Å². The molecule has 1 fully saturated rings. The zero-order valence-corrected chi connectivity index (χ0v) is 23.7. The van der Waals surface area contributed by atoms with E-state index in [4.69, 9.17) is 0 Å². The van der Waals surface area contributed by atoms with Gasteiger partial charge in [-0.1, -0.05) is 19.9 Å². The number of fused-ring (bicyclic) bond motifs is 3. The van der Waals surface area contributed by atoms with E-state index in [1.165, 1.54) is 15.9 Å². The first-order chi connectivity index (χ1) is 19.0. The van der Waals surface area contributed by atoms with Gasteiger partial charge in [-0.2, -0.15) is 5.10 Å². The summed E-state index contributed by atoms with van der Waals surface area (Å²) in [6.07, 6.45) is 2.20. The van der Waals surface area contributed by atoms with Gasteiger partial charge in [0.2, 0.25) is 17.7 Å². The quantitative estimate of drug-likeness (QED) is 0.602. The van der Waals surface area contributed by atoms with Gasteiger partial charge < -0.3 is 20.4 Å². The second kappa shape index (κ2) is 12.6. The maximum Gasteiger partial charge on any atom is 0.257 e. The number of amides is 4. The molecular weight excluding hydrogens is 515 g/mol. The Kier molecular flexibility index (Phi) is 9.21. The van der Waals surface area contributed by atoms with Crippen molar-refractivity contribution < 1.29 is 23.6 Å². The summed E-state index contributed by atoms with van der Waals surface area (Å²) in [7, 11) is 0. The summed E-state index contributed by atoms with van der Waals surface area (Å²) in [5.74, 6) is -2.14. The van der Waals surface area contributed by atoms with Gasteiger partial charge in [-0.05, 0) is 69.2 Å². The van der Waals surface area contributed by atoms with Gasteiger partial charge in [-0.3, -0.25) is 23.9 Å². The molecule has 1 aromatic heterocycles. The highest BCUT2D eigenvalue weighted by Crippen LogP contribution is 2.23. The number of rotatable bonds is 3. The van der Waals surface area contributed by atoms with Crippen LogP contribution in [0.5, 0.6) is 0 Å². The molecule has 40 heavy (non-hydrogen) atoms. The highest BCUT2D eigenvalue weighted by Gasteiger charge is 2.37. The van der Waals surface area contributed by atoms with Crippen LogP contribution in [0.15, 0.2) is 24.3 Å². The highest BCUT2D eigenvalue weighted by atomic mass is 19.1. The fourth-order valence-corrected chi connectivity index (χ4v) is 5.34. The van der Waals surface area contributed by atoms with Gasteiger partial charge in [-0.15, -0.1) is 0 Å². The molecule has 4 amide bonds. The molecule has 2 atom stereocenters. The Balaban J connectivity index is 1.62. The molecule has 4 rings (SSSR count). The molecule has 0 aliphatic carbocycles. The van der Waals surface area contributed by atoms with Crippen LogP contribution in [-0.4, -0.2) is 81.5 Å². The molecule has 1 saturated heterocycles. The van der Waals surface area contributed by atoms with Crippen LogP contribution >= 0.6 is 0 Å². The number of nitrogens with zero attached hydrogens (tertiary/aromatic N) is 4. The molecule has 10 nitrogen and oxygen atoms in total. The molecule has 0 unspecified atom stereocenters. The van der Waals surface area contributed by atoms with E-state index < -0.39 is 23.8 Å². The Labute approximate surface area is 234 Å². The van der Waals surface area contributed by atoms with Crippen molar-refractivity contribution in [1.82, 2.24) is 30.2 Å². The molecule has 0 spiro atoms. The van der Waals surface area contributed by atoms with E-state index in [1.807, 2.05) is 33.8 Å². The number of hydrogen-bond donors (Lipinski definition) is 2. The van der Waals surface area contributed by atoms with E-state index in [9.17, 15) is 23.6 Å². The lowest BCUT2D eigenvalue weighted by atomic mass is 10.0. The van der Waals surface area contributed by atoms with Gasteiger partial charge in [-0.25, -0.2) is 4.39 Å². The Morgan fingerprint density at radius 3 is 2.62 bits per heavy atom. The van der Waals surface area contributed by atoms with E-state index in [2.05, 4.69) is 15.7 Å². The van der Waals surface area contributed by atoms with Gasteiger partial charge in [0.25, 0.3) is 5.91 Å². The van der Waals surface area contributed by atoms with Gasteiger partial charge >= 0.3 is 0 Å². The van der Waals surface area contributed by atoms with Crippen molar-refractivity contribution in [3.63, 3.8) is 0 Å². The normalized spacial score (nSPS) is 21.2. The molecule has 2 bridgehead atoms. The van der Waals surface area contributed by atoms with Gasteiger partial charge in [0.05, 0.1) is 17.8 Å². The highest BCUT2D eigenvalue weighted by molar-refractivity contribution is 5.98. The summed E-state index contributed by atoms with van der Waals surface area (Å²) in [4.78, 5) is 56.2. The number of hydrogen-bond acceptors (Lipinski definition) is 5. The average Bonchev–Trinajstić information content (AvgIpc) is 3.51. The zero-order valence-electron chi connectivity index (χ0n) is 23.7. The molecule has 2 aliphatic heterocycles. The summed E-state index contributed by atoms with van der Waals surface area (Å²) >= 11 is 0. The zero-order chi connectivity index (χ0) is 29.0. The third-order valence-corrected chi connectivity index (χ3v) is 7.67. The molecule has 216 valence electrons. The van der Waals surface area contributed by atoms with E-state index >= 15 is 0 Å². The summed E-state index contributed by atoms with van der Waals surface area (Å²) in [5, 5.41) is 10.3. The Morgan fingerprint density at radius 1 is 1.15 bits per heavy atom. The third kappa shape index (κ3) is 6.86. The lowest BCUT2D eigenvalue weighted by Gasteiger charge is -2.32. The number of nitrogens with one attached hydrogen (secondary N) is 2. The SMILES string of the molecule is Cc1cc(C)n(CC(=O)N2CC(=O)NCCCc3ccc(F)c(c3)C(=O)N3CCC[C@H]3C(=O)N[C@H](C(C)C)C2)n1. The maximum atomic E-state index is 14.7. The summed E-state index contributed by atoms with van der Waals surface area (Å²) in [5.41, 5.74) is 2.35. The topological polar surface area (TPSA) is 117 Å². The monoisotopic (exact) mass is 554 g/mol. The van der Waals surface area contributed by atoms with Crippen molar-refractivity contribution in [2.75, 3.05) is 26.2 Å². The minimum absolute atomic E-state index is 0.0300. The third-order valence-electron chi connectivity index (χ3n) is 7.67. The lowest BCUT2D eigenvalue weighted by molar-refractivity contribution is -0.137.